The highest BCUT2D eigenvalue weighted by atomic mass is 16.5. The summed E-state index contributed by atoms with van der Waals surface area (Å²) in [6.45, 7) is 4.96. The van der Waals surface area contributed by atoms with Crippen LogP contribution in [0.3, 0.4) is 0 Å². The van der Waals surface area contributed by atoms with Crippen molar-refractivity contribution in [3.05, 3.63) is 0 Å². The largest absolute Gasteiger partial charge is 0.383 e. The lowest BCUT2D eigenvalue weighted by molar-refractivity contribution is 0.145. The Morgan fingerprint density at radius 3 is 2.00 bits per heavy atom. The van der Waals surface area contributed by atoms with E-state index < -0.39 is 0 Å². The van der Waals surface area contributed by atoms with Crippen molar-refractivity contribution in [2.45, 2.75) is 19.8 Å². The second kappa shape index (κ2) is 8.97. The molecule has 0 rings (SSSR count). The fourth-order valence-corrected chi connectivity index (χ4v) is 1.18. The summed E-state index contributed by atoms with van der Waals surface area (Å²) < 4.78 is 10.0. The molecule has 0 spiro atoms. The fraction of sp³-hybridized carbons (Fsp3) is 0.900. The summed E-state index contributed by atoms with van der Waals surface area (Å²) in [5.41, 5.74) is 0. The molecule has 0 saturated carbocycles. The van der Waals surface area contributed by atoms with E-state index in [1.54, 1.807) is 14.2 Å². The minimum atomic E-state index is 0.663. The Bertz CT molecular complexity index is 143. The Labute approximate surface area is 86.7 Å². The molecule has 0 aromatic heterocycles. The Kier molecular flexibility index (Phi) is 8.57. The number of hydrogen-bond acceptors (Lipinski definition) is 3. The quantitative estimate of drug-likeness (QED) is 0.477. The highest BCUT2D eigenvalue weighted by molar-refractivity contribution is 5.79. The molecule has 0 amide bonds. The molecule has 0 atom stereocenters. The van der Waals surface area contributed by atoms with Gasteiger partial charge in [-0.3, -0.25) is 5.41 Å². The molecule has 14 heavy (non-hydrogen) atoms. The summed E-state index contributed by atoms with van der Waals surface area (Å²) in [4.78, 5) is 2.01. The van der Waals surface area contributed by atoms with Crippen LogP contribution in [0.25, 0.3) is 0 Å². The van der Waals surface area contributed by atoms with E-state index in [-0.39, 0.29) is 0 Å². The first-order chi connectivity index (χ1) is 6.76. The molecule has 0 bridgehead atoms. The Balaban J connectivity index is 3.88. The molecule has 84 valence electrons. The highest BCUT2D eigenvalue weighted by Gasteiger charge is 2.07. The molecule has 0 unspecified atom stereocenters. The van der Waals surface area contributed by atoms with E-state index in [1.807, 2.05) is 4.90 Å². The molecule has 0 aliphatic carbocycles. The highest BCUT2D eigenvalue weighted by Crippen LogP contribution is 1.98. The van der Waals surface area contributed by atoms with Crippen LogP contribution in [-0.4, -0.2) is 51.3 Å². The van der Waals surface area contributed by atoms with Gasteiger partial charge in [-0.05, 0) is 6.42 Å². The molecule has 0 saturated heterocycles. The van der Waals surface area contributed by atoms with Crippen LogP contribution in [0, 0.1) is 5.41 Å². The maximum atomic E-state index is 7.82. The van der Waals surface area contributed by atoms with Gasteiger partial charge in [-0.2, -0.15) is 0 Å². The minimum Gasteiger partial charge on any atom is -0.383 e. The molecule has 0 aliphatic heterocycles. The molecule has 0 fully saturated rings. The third-order valence-electron chi connectivity index (χ3n) is 2.00. The predicted molar refractivity (Wildman–Crippen MR) is 58.0 cm³/mol. The minimum absolute atomic E-state index is 0.663. The van der Waals surface area contributed by atoms with E-state index in [9.17, 15) is 0 Å². The van der Waals surface area contributed by atoms with Gasteiger partial charge in [-0.1, -0.05) is 6.92 Å². The number of methoxy groups -OCH3 is 2. The van der Waals surface area contributed by atoms with Crippen LogP contribution in [0.2, 0.25) is 0 Å². The lowest BCUT2D eigenvalue weighted by atomic mass is 10.3. The molecular weight excluding hydrogens is 180 g/mol. The molecule has 0 aliphatic rings. The summed E-state index contributed by atoms with van der Waals surface area (Å²) in [5.74, 6) is 0.682. The zero-order valence-corrected chi connectivity index (χ0v) is 9.51. The summed E-state index contributed by atoms with van der Waals surface area (Å²) in [6, 6.07) is 0. The van der Waals surface area contributed by atoms with Crippen molar-refractivity contribution in [1.29, 1.82) is 5.41 Å². The van der Waals surface area contributed by atoms with Crippen LogP contribution in [0.4, 0.5) is 0 Å². The van der Waals surface area contributed by atoms with Crippen LogP contribution in [0.15, 0.2) is 0 Å². The summed E-state index contributed by atoms with van der Waals surface area (Å²) >= 11 is 0. The van der Waals surface area contributed by atoms with Crippen molar-refractivity contribution < 1.29 is 9.47 Å². The second-order valence-electron chi connectivity index (χ2n) is 3.17. The average Bonchev–Trinajstić information content (AvgIpc) is 2.18. The molecule has 4 heteroatoms. The van der Waals surface area contributed by atoms with Gasteiger partial charge in [0.25, 0.3) is 0 Å². The molecule has 0 aromatic carbocycles. The molecule has 1 N–H and O–H groups in total. The Morgan fingerprint density at radius 2 is 1.64 bits per heavy atom. The molecule has 4 nitrogen and oxygen atoms in total. The van der Waals surface area contributed by atoms with Crippen molar-refractivity contribution in [3.8, 4) is 0 Å². The van der Waals surface area contributed by atoms with Crippen LogP contribution in [0.1, 0.15) is 19.8 Å². The van der Waals surface area contributed by atoms with E-state index in [0.29, 0.717) is 19.0 Å². The number of rotatable bonds is 8. The van der Waals surface area contributed by atoms with Gasteiger partial charge in [0.15, 0.2) is 0 Å². The lowest BCUT2D eigenvalue weighted by Crippen LogP contribution is -2.35. The van der Waals surface area contributed by atoms with Crippen molar-refractivity contribution in [2.75, 3.05) is 40.5 Å². The van der Waals surface area contributed by atoms with Gasteiger partial charge >= 0.3 is 0 Å². The zero-order valence-electron chi connectivity index (χ0n) is 9.51. The van der Waals surface area contributed by atoms with E-state index in [0.717, 1.165) is 25.9 Å². The first-order valence-electron chi connectivity index (χ1n) is 5.06. The van der Waals surface area contributed by atoms with Gasteiger partial charge in [0.1, 0.15) is 0 Å². The van der Waals surface area contributed by atoms with E-state index >= 15 is 0 Å². The van der Waals surface area contributed by atoms with Gasteiger partial charge in [-0.25, -0.2) is 0 Å². The van der Waals surface area contributed by atoms with Crippen molar-refractivity contribution in [3.63, 3.8) is 0 Å². The fourth-order valence-electron chi connectivity index (χ4n) is 1.18. The standard InChI is InChI=1S/C10H22N2O2/c1-4-5-10(11)12(6-8-13-2)7-9-14-3/h11H,4-9H2,1-3H3. The molecular formula is C10H22N2O2. The number of amidine groups is 1. The van der Waals surface area contributed by atoms with Gasteiger partial charge in [0, 0.05) is 33.7 Å². The first kappa shape index (κ1) is 13.4. The van der Waals surface area contributed by atoms with Gasteiger partial charge in [0.2, 0.25) is 0 Å². The normalized spacial score (nSPS) is 10.2. The topological polar surface area (TPSA) is 45.6 Å². The van der Waals surface area contributed by atoms with E-state index in [4.69, 9.17) is 14.9 Å². The first-order valence-corrected chi connectivity index (χ1v) is 5.06. The predicted octanol–water partition coefficient (Wildman–Crippen LogP) is 1.36. The van der Waals surface area contributed by atoms with E-state index in [2.05, 4.69) is 6.92 Å². The Hall–Kier alpha value is -0.610. The molecule has 0 radical (unpaired) electrons. The van der Waals surface area contributed by atoms with Crippen molar-refractivity contribution in [2.24, 2.45) is 0 Å². The van der Waals surface area contributed by atoms with Gasteiger partial charge in [-0.15, -0.1) is 0 Å². The van der Waals surface area contributed by atoms with E-state index in [1.165, 1.54) is 0 Å². The van der Waals surface area contributed by atoms with Gasteiger partial charge < -0.3 is 14.4 Å². The Morgan fingerprint density at radius 1 is 1.14 bits per heavy atom. The number of ether oxygens (including phenoxy) is 2. The van der Waals surface area contributed by atoms with Gasteiger partial charge in [0.05, 0.1) is 19.0 Å². The summed E-state index contributed by atoms with van der Waals surface area (Å²) in [5, 5.41) is 7.82. The van der Waals surface area contributed by atoms with Crippen molar-refractivity contribution in [1.82, 2.24) is 4.90 Å². The summed E-state index contributed by atoms with van der Waals surface area (Å²) in [6.07, 6.45) is 1.84. The third kappa shape index (κ3) is 5.94. The molecule has 0 heterocycles. The number of nitrogens with one attached hydrogen (secondary N) is 1. The smallest absolute Gasteiger partial charge is 0.0959 e. The maximum absolute atomic E-state index is 7.82. The van der Waals surface area contributed by atoms with Crippen molar-refractivity contribution >= 4 is 5.84 Å². The second-order valence-corrected chi connectivity index (χ2v) is 3.17. The van der Waals surface area contributed by atoms with Crippen LogP contribution in [-0.2, 0) is 9.47 Å². The number of nitrogens with zero attached hydrogens (tertiary/aromatic N) is 1. The lowest BCUT2D eigenvalue weighted by Gasteiger charge is -2.24. The maximum Gasteiger partial charge on any atom is 0.0959 e. The van der Waals surface area contributed by atoms with Crippen LogP contribution in [0.5, 0.6) is 0 Å². The average molecular weight is 202 g/mol. The monoisotopic (exact) mass is 202 g/mol. The zero-order chi connectivity index (χ0) is 10.8. The summed E-state index contributed by atoms with van der Waals surface area (Å²) in [7, 11) is 3.36. The molecule has 0 aromatic rings. The third-order valence-corrected chi connectivity index (χ3v) is 2.00. The number of hydrogen-bond donors (Lipinski definition) is 1. The SMILES string of the molecule is CCCC(=N)N(CCOC)CCOC. The van der Waals surface area contributed by atoms with Crippen LogP contribution >= 0.6 is 0 Å². The van der Waals surface area contributed by atoms with Crippen LogP contribution < -0.4 is 0 Å².